The van der Waals surface area contributed by atoms with Gasteiger partial charge in [-0.25, -0.2) is 9.37 Å². The number of morpholine rings is 1. The van der Waals surface area contributed by atoms with Gasteiger partial charge < -0.3 is 14.5 Å². The van der Waals surface area contributed by atoms with E-state index in [1.54, 1.807) is 13.1 Å². The van der Waals surface area contributed by atoms with Crippen LogP contribution in [-0.4, -0.2) is 47.3 Å². The molecule has 0 saturated carbocycles. The molecule has 5 rings (SSSR count). The second-order valence-electron chi connectivity index (χ2n) is 10.9. The zero-order valence-electron chi connectivity index (χ0n) is 23.2. The van der Waals surface area contributed by atoms with E-state index in [1.807, 2.05) is 0 Å². The fourth-order valence-electron chi connectivity index (χ4n) is 5.80. The molecule has 4 heterocycles. The molecule has 0 amide bonds. The van der Waals surface area contributed by atoms with Crippen molar-refractivity contribution in [2.24, 2.45) is 13.0 Å². The van der Waals surface area contributed by atoms with Gasteiger partial charge in [-0.15, -0.1) is 0 Å². The molecule has 0 bridgehead atoms. The molecule has 3 aromatic rings. The lowest BCUT2D eigenvalue weighted by molar-refractivity contribution is 0.0390. The summed E-state index contributed by atoms with van der Waals surface area (Å²) in [6.07, 6.45) is 11.9. The van der Waals surface area contributed by atoms with E-state index in [-0.39, 0.29) is 17.2 Å². The summed E-state index contributed by atoms with van der Waals surface area (Å²) < 4.78 is 22.0. The molecule has 2 aliphatic heterocycles. The number of hydrogen-bond donors (Lipinski definition) is 0. The minimum absolute atomic E-state index is 0.138. The predicted molar refractivity (Wildman–Crippen MR) is 154 cm³/mol. The molecule has 0 radical (unpaired) electrons. The number of unbranched alkanes of at least 4 members (excludes halogenated alkanes) is 4. The molecule has 0 aliphatic carbocycles. The van der Waals surface area contributed by atoms with Crippen molar-refractivity contribution in [2.45, 2.75) is 58.0 Å². The lowest BCUT2D eigenvalue weighted by atomic mass is 10.00. The van der Waals surface area contributed by atoms with Crippen molar-refractivity contribution in [3.05, 3.63) is 70.5 Å². The Bertz CT molecular complexity index is 1290. The third kappa shape index (κ3) is 6.49. The molecular formula is C31H40FN5O2. The molecule has 0 N–H and O–H groups in total. The lowest BCUT2D eigenvalue weighted by Gasteiger charge is -2.34. The predicted octanol–water partition coefficient (Wildman–Crippen LogP) is 5.75. The molecule has 0 spiro atoms. The lowest BCUT2D eigenvalue weighted by Crippen LogP contribution is -2.41. The summed E-state index contributed by atoms with van der Waals surface area (Å²) in [4.78, 5) is 25.8. The van der Waals surface area contributed by atoms with E-state index in [9.17, 15) is 9.18 Å². The third-order valence-corrected chi connectivity index (χ3v) is 8.14. The maximum absolute atomic E-state index is 14.4. The van der Waals surface area contributed by atoms with Gasteiger partial charge in [-0.1, -0.05) is 51.2 Å². The zero-order chi connectivity index (χ0) is 27.2. The van der Waals surface area contributed by atoms with E-state index < -0.39 is 5.82 Å². The first-order valence-corrected chi connectivity index (χ1v) is 14.4. The summed E-state index contributed by atoms with van der Waals surface area (Å²) in [7, 11) is 1.70. The summed E-state index contributed by atoms with van der Waals surface area (Å²) in [5, 5.41) is 0. The standard InChI is InChI=1S/C31H40FN5O2/c1-3-4-5-6-7-8-23-14-16-36(21-23)25-11-9-24(10-12-25)29-22-37(17-18-39-29)31-34-28(19-30(38)35(31)2)26-13-15-33-20-27(26)32/h9-13,15,19-20,23,29H,3-8,14,16-18,21-22H2,1-2H3/t23?,29-/m1/s1. The normalized spacial score (nSPS) is 19.6. The van der Waals surface area contributed by atoms with Crippen LogP contribution in [0.2, 0.25) is 0 Å². The second-order valence-corrected chi connectivity index (χ2v) is 10.9. The number of hydrogen-bond acceptors (Lipinski definition) is 6. The van der Waals surface area contributed by atoms with Gasteiger partial charge in [0, 0.05) is 50.2 Å². The second kappa shape index (κ2) is 12.7. The number of nitrogens with zero attached hydrogens (tertiary/aromatic N) is 5. The maximum Gasteiger partial charge on any atom is 0.255 e. The number of anilines is 2. The maximum atomic E-state index is 14.4. The van der Waals surface area contributed by atoms with Gasteiger partial charge in [-0.3, -0.25) is 14.3 Å². The fraction of sp³-hybridized carbons (Fsp3) is 0.516. The first kappa shape index (κ1) is 27.3. The minimum atomic E-state index is -0.500. The summed E-state index contributed by atoms with van der Waals surface area (Å²) in [5.41, 5.74) is 2.73. The Morgan fingerprint density at radius 2 is 1.85 bits per heavy atom. The number of aromatic nitrogens is 3. The van der Waals surface area contributed by atoms with Crippen molar-refractivity contribution in [3.63, 3.8) is 0 Å². The Kier molecular flexibility index (Phi) is 8.91. The zero-order valence-corrected chi connectivity index (χ0v) is 23.2. The van der Waals surface area contributed by atoms with Crippen molar-refractivity contribution >= 4 is 11.6 Å². The van der Waals surface area contributed by atoms with Crippen LogP contribution in [0.3, 0.4) is 0 Å². The Hall–Kier alpha value is -3.26. The van der Waals surface area contributed by atoms with Crippen LogP contribution in [-0.2, 0) is 11.8 Å². The highest BCUT2D eigenvalue weighted by molar-refractivity contribution is 5.60. The number of pyridine rings is 1. The molecule has 2 fully saturated rings. The molecule has 39 heavy (non-hydrogen) atoms. The molecule has 208 valence electrons. The average molecular weight is 534 g/mol. The molecule has 7 nitrogen and oxygen atoms in total. The van der Waals surface area contributed by atoms with Gasteiger partial charge in [-0.2, -0.15) is 0 Å². The van der Waals surface area contributed by atoms with E-state index in [0.29, 0.717) is 31.3 Å². The van der Waals surface area contributed by atoms with Crippen molar-refractivity contribution in [3.8, 4) is 11.3 Å². The minimum Gasteiger partial charge on any atom is -0.371 e. The van der Waals surface area contributed by atoms with Crippen LogP contribution in [0.25, 0.3) is 11.3 Å². The van der Waals surface area contributed by atoms with E-state index in [2.05, 4.69) is 51.0 Å². The highest BCUT2D eigenvalue weighted by Crippen LogP contribution is 2.31. The first-order chi connectivity index (χ1) is 19.0. The van der Waals surface area contributed by atoms with Gasteiger partial charge in [0.2, 0.25) is 5.95 Å². The van der Waals surface area contributed by atoms with E-state index in [0.717, 1.165) is 30.8 Å². The molecular weight excluding hydrogens is 493 g/mol. The number of rotatable bonds is 10. The number of halogens is 1. The monoisotopic (exact) mass is 533 g/mol. The van der Waals surface area contributed by atoms with Gasteiger partial charge >= 0.3 is 0 Å². The van der Waals surface area contributed by atoms with Crippen molar-refractivity contribution in [1.29, 1.82) is 0 Å². The molecule has 1 aromatic carbocycles. The Labute approximate surface area is 230 Å². The smallest absolute Gasteiger partial charge is 0.255 e. The SMILES string of the molecule is CCCCCCCC1CCN(c2ccc([C@H]3CN(c4nc(-c5ccncc5F)cc(=O)n4C)CCO3)cc2)C1. The summed E-state index contributed by atoms with van der Waals surface area (Å²) in [6, 6.07) is 11.7. The molecule has 2 atom stereocenters. The Morgan fingerprint density at radius 3 is 2.64 bits per heavy atom. The fourth-order valence-corrected chi connectivity index (χ4v) is 5.80. The van der Waals surface area contributed by atoms with Crippen molar-refractivity contribution in [1.82, 2.24) is 14.5 Å². The highest BCUT2D eigenvalue weighted by atomic mass is 19.1. The average Bonchev–Trinajstić information content (AvgIpc) is 3.44. The largest absolute Gasteiger partial charge is 0.371 e. The number of ether oxygens (including phenoxy) is 1. The third-order valence-electron chi connectivity index (χ3n) is 8.14. The van der Waals surface area contributed by atoms with Crippen molar-refractivity contribution < 1.29 is 9.13 Å². The Morgan fingerprint density at radius 1 is 1.03 bits per heavy atom. The summed E-state index contributed by atoms with van der Waals surface area (Å²) in [6.45, 7) is 6.22. The van der Waals surface area contributed by atoms with Gasteiger partial charge in [0.1, 0.15) is 6.10 Å². The van der Waals surface area contributed by atoms with Crippen molar-refractivity contribution in [2.75, 3.05) is 42.6 Å². The van der Waals surface area contributed by atoms with Crippen LogP contribution in [0.5, 0.6) is 0 Å². The van der Waals surface area contributed by atoms with E-state index in [4.69, 9.17) is 4.74 Å². The first-order valence-electron chi connectivity index (χ1n) is 14.4. The quantitative estimate of drug-likeness (QED) is 0.310. The van der Waals surface area contributed by atoms with Crippen LogP contribution in [0.4, 0.5) is 16.0 Å². The number of benzene rings is 1. The highest BCUT2D eigenvalue weighted by Gasteiger charge is 2.27. The van der Waals surface area contributed by atoms with Crippen LogP contribution >= 0.6 is 0 Å². The van der Waals surface area contributed by atoms with Crippen LogP contribution in [0.1, 0.15) is 63.5 Å². The molecule has 2 aromatic heterocycles. The van der Waals surface area contributed by atoms with Crippen LogP contribution in [0, 0.1) is 11.7 Å². The Balaban J connectivity index is 1.23. The topological polar surface area (TPSA) is 63.5 Å². The molecule has 2 saturated heterocycles. The molecule has 2 aliphatic rings. The van der Waals surface area contributed by atoms with Gasteiger partial charge in [0.05, 0.1) is 25.0 Å². The van der Waals surface area contributed by atoms with Gasteiger partial charge in [0.15, 0.2) is 5.82 Å². The van der Waals surface area contributed by atoms with E-state index >= 15 is 0 Å². The van der Waals surface area contributed by atoms with Crippen LogP contribution in [0.15, 0.2) is 53.6 Å². The van der Waals surface area contributed by atoms with Gasteiger partial charge in [-0.05, 0) is 42.5 Å². The summed E-state index contributed by atoms with van der Waals surface area (Å²) in [5.74, 6) is 0.814. The van der Waals surface area contributed by atoms with Crippen LogP contribution < -0.4 is 15.4 Å². The van der Waals surface area contributed by atoms with Gasteiger partial charge in [0.25, 0.3) is 5.56 Å². The molecule has 1 unspecified atom stereocenters. The van der Waals surface area contributed by atoms with E-state index in [1.165, 1.54) is 67.5 Å². The summed E-state index contributed by atoms with van der Waals surface area (Å²) >= 11 is 0. The molecule has 8 heteroatoms.